The molecule has 0 spiro atoms. The standard InChI is InChI=1S/C29H49N3OS/c1-10-11-12-13-14-15-16-17-18-21(2)34-27-31-30-26(32(27)9)22-19-23(28(3,4)5)25(33)24(20-22)29(6,7)8/h19-21,33H,10-18H2,1-9H3. The van der Waals surface area contributed by atoms with Gasteiger partial charge in [0, 0.05) is 29.0 Å². The number of aromatic hydroxyl groups is 1. The third-order valence-electron chi connectivity index (χ3n) is 6.59. The van der Waals surface area contributed by atoms with Crippen molar-refractivity contribution in [2.75, 3.05) is 0 Å². The average Bonchev–Trinajstić information content (AvgIpc) is 3.08. The van der Waals surface area contributed by atoms with Crippen LogP contribution in [0.25, 0.3) is 11.4 Å². The van der Waals surface area contributed by atoms with Gasteiger partial charge in [-0.3, -0.25) is 0 Å². The Kier molecular flexibility index (Phi) is 10.5. The van der Waals surface area contributed by atoms with E-state index >= 15 is 0 Å². The summed E-state index contributed by atoms with van der Waals surface area (Å²) in [5.41, 5.74) is 2.59. The highest BCUT2D eigenvalue weighted by atomic mass is 32.2. The highest BCUT2D eigenvalue weighted by molar-refractivity contribution is 7.99. The monoisotopic (exact) mass is 487 g/mol. The van der Waals surface area contributed by atoms with Gasteiger partial charge in [-0.05, 0) is 29.4 Å². The lowest BCUT2D eigenvalue weighted by Gasteiger charge is -2.28. The maximum atomic E-state index is 11.1. The van der Waals surface area contributed by atoms with E-state index in [0.29, 0.717) is 11.0 Å². The molecule has 1 atom stereocenters. The molecule has 1 heterocycles. The molecule has 0 radical (unpaired) electrons. The predicted octanol–water partition coefficient (Wildman–Crippen LogP) is 8.79. The van der Waals surface area contributed by atoms with Gasteiger partial charge in [-0.2, -0.15) is 0 Å². The summed E-state index contributed by atoms with van der Waals surface area (Å²) in [6.45, 7) is 17.4. The molecule has 4 nitrogen and oxygen atoms in total. The second-order valence-electron chi connectivity index (χ2n) is 12.0. The van der Waals surface area contributed by atoms with Crippen LogP contribution < -0.4 is 0 Å². The highest BCUT2D eigenvalue weighted by Crippen LogP contribution is 2.42. The van der Waals surface area contributed by atoms with Gasteiger partial charge in [0.25, 0.3) is 0 Å². The first kappa shape index (κ1) is 28.7. The van der Waals surface area contributed by atoms with Gasteiger partial charge in [0.1, 0.15) is 5.75 Å². The van der Waals surface area contributed by atoms with Gasteiger partial charge in [-0.25, -0.2) is 0 Å². The Morgan fingerprint density at radius 3 is 1.85 bits per heavy atom. The number of unbranched alkanes of at least 4 members (excludes halogenated alkanes) is 7. The van der Waals surface area contributed by atoms with Crippen molar-refractivity contribution >= 4 is 11.8 Å². The van der Waals surface area contributed by atoms with Gasteiger partial charge in [0.05, 0.1) is 0 Å². The molecular formula is C29H49N3OS. The largest absolute Gasteiger partial charge is 0.507 e. The fourth-order valence-electron chi connectivity index (χ4n) is 4.38. The molecule has 0 aliphatic heterocycles. The quantitative estimate of drug-likeness (QED) is 0.240. The molecule has 1 unspecified atom stereocenters. The molecule has 34 heavy (non-hydrogen) atoms. The summed E-state index contributed by atoms with van der Waals surface area (Å²) in [4.78, 5) is 0. The average molecular weight is 488 g/mol. The van der Waals surface area contributed by atoms with E-state index in [0.717, 1.165) is 27.7 Å². The maximum absolute atomic E-state index is 11.1. The van der Waals surface area contributed by atoms with Crippen LogP contribution in [-0.4, -0.2) is 25.1 Å². The Bertz CT molecular complexity index is 870. The van der Waals surface area contributed by atoms with E-state index in [2.05, 4.69) is 89.3 Å². The van der Waals surface area contributed by atoms with Crippen molar-refractivity contribution in [1.29, 1.82) is 0 Å². The van der Waals surface area contributed by atoms with Crippen LogP contribution >= 0.6 is 11.8 Å². The smallest absolute Gasteiger partial charge is 0.191 e. The van der Waals surface area contributed by atoms with Crippen LogP contribution in [-0.2, 0) is 17.9 Å². The Balaban J connectivity index is 2.09. The second-order valence-corrected chi connectivity index (χ2v) is 13.4. The molecule has 0 saturated carbocycles. The van der Waals surface area contributed by atoms with Crippen molar-refractivity contribution in [2.45, 2.75) is 134 Å². The summed E-state index contributed by atoms with van der Waals surface area (Å²) in [6, 6.07) is 4.18. The number of hydrogen-bond donors (Lipinski definition) is 1. The van der Waals surface area contributed by atoms with Gasteiger partial charge in [-0.15, -0.1) is 10.2 Å². The summed E-state index contributed by atoms with van der Waals surface area (Å²) in [6.07, 6.45) is 12.1. The third kappa shape index (κ3) is 8.03. The molecule has 1 aromatic heterocycles. The van der Waals surface area contributed by atoms with Crippen LogP contribution in [0.3, 0.4) is 0 Å². The van der Waals surface area contributed by atoms with Gasteiger partial charge in [0.2, 0.25) is 0 Å². The highest BCUT2D eigenvalue weighted by Gasteiger charge is 2.28. The predicted molar refractivity (Wildman–Crippen MR) is 148 cm³/mol. The van der Waals surface area contributed by atoms with Crippen molar-refractivity contribution in [2.24, 2.45) is 7.05 Å². The lowest BCUT2D eigenvalue weighted by atomic mass is 9.78. The molecular weight excluding hydrogens is 438 g/mol. The number of aromatic nitrogens is 3. The summed E-state index contributed by atoms with van der Waals surface area (Å²) in [5.74, 6) is 1.26. The zero-order valence-corrected chi connectivity index (χ0v) is 24.1. The van der Waals surface area contributed by atoms with Crippen LogP contribution in [0.1, 0.15) is 124 Å². The number of phenolic OH excluding ortho intramolecular Hbond substituents is 1. The van der Waals surface area contributed by atoms with E-state index in [1.165, 1.54) is 57.8 Å². The van der Waals surface area contributed by atoms with Crippen LogP contribution in [0, 0.1) is 0 Å². The lowest BCUT2D eigenvalue weighted by molar-refractivity contribution is 0.423. The fourth-order valence-corrected chi connectivity index (χ4v) is 5.36. The SMILES string of the molecule is CCCCCCCCCCC(C)Sc1nnc(-c2cc(C(C)(C)C)c(O)c(C(C)(C)C)c2)n1C. The van der Waals surface area contributed by atoms with Gasteiger partial charge < -0.3 is 9.67 Å². The van der Waals surface area contributed by atoms with E-state index in [1.807, 2.05) is 11.8 Å². The Morgan fingerprint density at radius 2 is 1.35 bits per heavy atom. The molecule has 2 rings (SSSR count). The molecule has 5 heteroatoms. The first-order valence-corrected chi connectivity index (χ1v) is 14.2. The topological polar surface area (TPSA) is 50.9 Å². The molecule has 1 N–H and O–H groups in total. The molecule has 0 bridgehead atoms. The van der Waals surface area contributed by atoms with E-state index in [4.69, 9.17) is 0 Å². The summed E-state index contributed by atoms with van der Waals surface area (Å²) in [5, 5.41) is 21.6. The maximum Gasteiger partial charge on any atom is 0.191 e. The first-order valence-electron chi connectivity index (χ1n) is 13.3. The number of hydrogen-bond acceptors (Lipinski definition) is 4. The molecule has 2 aromatic rings. The molecule has 1 aromatic carbocycles. The van der Waals surface area contributed by atoms with Crippen molar-refractivity contribution in [1.82, 2.24) is 14.8 Å². The number of thioether (sulfide) groups is 1. The van der Waals surface area contributed by atoms with E-state index in [-0.39, 0.29) is 10.8 Å². The van der Waals surface area contributed by atoms with Gasteiger partial charge in [0.15, 0.2) is 11.0 Å². The number of rotatable bonds is 12. The number of benzene rings is 1. The summed E-state index contributed by atoms with van der Waals surface area (Å²) < 4.78 is 2.11. The minimum Gasteiger partial charge on any atom is -0.507 e. The zero-order valence-electron chi connectivity index (χ0n) is 23.3. The van der Waals surface area contributed by atoms with E-state index < -0.39 is 0 Å². The van der Waals surface area contributed by atoms with Crippen molar-refractivity contribution in [3.63, 3.8) is 0 Å². The molecule has 0 aliphatic carbocycles. The second kappa shape index (κ2) is 12.5. The number of nitrogens with zero attached hydrogens (tertiary/aromatic N) is 3. The molecule has 192 valence electrons. The lowest BCUT2D eigenvalue weighted by Crippen LogP contribution is -2.17. The minimum atomic E-state index is -0.166. The van der Waals surface area contributed by atoms with Crippen LogP contribution in [0.15, 0.2) is 17.3 Å². The van der Waals surface area contributed by atoms with Crippen molar-refractivity contribution in [3.05, 3.63) is 23.3 Å². The third-order valence-corrected chi connectivity index (χ3v) is 7.79. The van der Waals surface area contributed by atoms with E-state index in [1.54, 1.807) is 0 Å². The van der Waals surface area contributed by atoms with Crippen LogP contribution in [0.4, 0.5) is 0 Å². The first-order chi connectivity index (χ1) is 15.9. The molecule has 0 amide bonds. The zero-order chi connectivity index (χ0) is 25.5. The van der Waals surface area contributed by atoms with E-state index in [9.17, 15) is 5.11 Å². The molecule has 0 fully saturated rings. The van der Waals surface area contributed by atoms with Crippen LogP contribution in [0.5, 0.6) is 5.75 Å². The Morgan fingerprint density at radius 1 is 0.853 bits per heavy atom. The fraction of sp³-hybridized carbons (Fsp3) is 0.724. The van der Waals surface area contributed by atoms with Gasteiger partial charge >= 0.3 is 0 Å². The summed E-state index contributed by atoms with van der Waals surface area (Å²) in [7, 11) is 2.06. The Labute approximate surface area is 213 Å². The number of phenols is 1. The Hall–Kier alpha value is -1.49. The molecule has 0 saturated heterocycles. The van der Waals surface area contributed by atoms with Gasteiger partial charge in [-0.1, -0.05) is 119 Å². The van der Waals surface area contributed by atoms with Crippen molar-refractivity contribution < 1.29 is 5.11 Å². The van der Waals surface area contributed by atoms with Crippen molar-refractivity contribution in [3.8, 4) is 17.1 Å². The normalized spacial score (nSPS) is 13.4. The van der Waals surface area contributed by atoms with Crippen LogP contribution in [0.2, 0.25) is 0 Å². The molecule has 0 aliphatic rings. The summed E-state index contributed by atoms with van der Waals surface area (Å²) >= 11 is 1.82. The minimum absolute atomic E-state index is 0.166.